The lowest BCUT2D eigenvalue weighted by Crippen LogP contribution is -2.03. The number of ether oxygens (including phenoxy) is 1. The molecule has 2 rings (SSSR count). The highest BCUT2D eigenvalue weighted by Gasteiger charge is 2.24. The van der Waals surface area contributed by atoms with Gasteiger partial charge in [0.05, 0.1) is 18.9 Å². The summed E-state index contributed by atoms with van der Waals surface area (Å²) in [6.07, 6.45) is 1.41. The van der Waals surface area contributed by atoms with Crippen LogP contribution in [0.15, 0.2) is 24.5 Å². The number of hydrogen-bond donors (Lipinski definition) is 1. The molecular formula is C10H8ClNO2. The molecule has 3 nitrogen and oxygen atoms in total. The van der Waals surface area contributed by atoms with Crippen molar-refractivity contribution in [2.24, 2.45) is 0 Å². The van der Waals surface area contributed by atoms with E-state index in [0.29, 0.717) is 10.6 Å². The van der Waals surface area contributed by atoms with E-state index in [1.807, 2.05) is 0 Å². The van der Waals surface area contributed by atoms with Crippen LogP contribution in [0, 0.1) is 0 Å². The summed E-state index contributed by atoms with van der Waals surface area (Å²) in [5.41, 5.74) is 2.05. The second kappa shape index (κ2) is 3.35. The first-order chi connectivity index (χ1) is 6.72. The lowest BCUT2D eigenvalue weighted by Gasteiger charge is -1.97. The van der Waals surface area contributed by atoms with Crippen molar-refractivity contribution >= 4 is 28.8 Å². The summed E-state index contributed by atoms with van der Waals surface area (Å²) in [5, 5.41) is 3.31. The third-order valence-electron chi connectivity index (χ3n) is 2.00. The number of hydrogen-bond acceptors (Lipinski definition) is 2. The second-order valence-electron chi connectivity index (χ2n) is 2.91. The summed E-state index contributed by atoms with van der Waals surface area (Å²) in [7, 11) is 1.50. The Balaban J connectivity index is 2.55. The molecule has 4 heteroatoms. The van der Waals surface area contributed by atoms with Crippen molar-refractivity contribution < 1.29 is 9.53 Å². The van der Waals surface area contributed by atoms with Gasteiger partial charge in [0.1, 0.15) is 0 Å². The number of amides is 1. The lowest BCUT2D eigenvalue weighted by molar-refractivity contribution is -0.110. The van der Waals surface area contributed by atoms with E-state index in [4.69, 9.17) is 16.3 Å². The summed E-state index contributed by atoms with van der Waals surface area (Å²) in [5.74, 6) is -0.163. The molecule has 0 unspecified atom stereocenters. The number of nitrogens with one attached hydrogen (secondary N) is 1. The molecule has 0 fully saturated rings. The van der Waals surface area contributed by atoms with Crippen LogP contribution in [0.25, 0.3) is 5.57 Å². The molecule has 14 heavy (non-hydrogen) atoms. The van der Waals surface area contributed by atoms with Gasteiger partial charge in [-0.2, -0.15) is 0 Å². The van der Waals surface area contributed by atoms with Crippen LogP contribution in [-0.4, -0.2) is 13.0 Å². The van der Waals surface area contributed by atoms with Crippen LogP contribution in [0.1, 0.15) is 5.56 Å². The number of fused-ring (bicyclic) bond motifs is 1. The van der Waals surface area contributed by atoms with Crippen molar-refractivity contribution in [3.05, 3.63) is 35.0 Å². The Labute approximate surface area is 86.3 Å². The third-order valence-corrected chi connectivity index (χ3v) is 2.24. The molecule has 72 valence electrons. The molecule has 1 N–H and O–H groups in total. The summed E-state index contributed by atoms with van der Waals surface area (Å²) in [4.78, 5) is 11.4. The van der Waals surface area contributed by atoms with Crippen LogP contribution in [0.4, 0.5) is 5.69 Å². The van der Waals surface area contributed by atoms with Crippen molar-refractivity contribution in [2.75, 3.05) is 12.4 Å². The SMILES string of the molecule is CO/C=C1/C(=O)Nc2ccc(Cl)cc21. The van der Waals surface area contributed by atoms with E-state index in [1.54, 1.807) is 18.2 Å². The first-order valence-corrected chi connectivity index (χ1v) is 4.44. The summed E-state index contributed by atoms with van der Waals surface area (Å²) >= 11 is 5.83. The van der Waals surface area contributed by atoms with Gasteiger partial charge in [0.25, 0.3) is 5.91 Å². The van der Waals surface area contributed by atoms with Crippen molar-refractivity contribution in [1.29, 1.82) is 0 Å². The van der Waals surface area contributed by atoms with Gasteiger partial charge in [-0.25, -0.2) is 0 Å². The van der Waals surface area contributed by atoms with Gasteiger partial charge >= 0.3 is 0 Å². The lowest BCUT2D eigenvalue weighted by atomic mass is 10.1. The van der Waals surface area contributed by atoms with E-state index in [2.05, 4.69) is 5.32 Å². The van der Waals surface area contributed by atoms with E-state index in [1.165, 1.54) is 13.4 Å². The fourth-order valence-electron chi connectivity index (χ4n) is 1.40. The summed E-state index contributed by atoms with van der Waals surface area (Å²) in [6.45, 7) is 0. The Morgan fingerprint density at radius 3 is 3.00 bits per heavy atom. The molecule has 1 aliphatic heterocycles. The van der Waals surface area contributed by atoms with Crippen molar-refractivity contribution in [1.82, 2.24) is 0 Å². The largest absolute Gasteiger partial charge is 0.504 e. The second-order valence-corrected chi connectivity index (χ2v) is 3.35. The van der Waals surface area contributed by atoms with E-state index in [-0.39, 0.29) is 5.91 Å². The van der Waals surface area contributed by atoms with E-state index < -0.39 is 0 Å². The molecule has 0 saturated carbocycles. The Hall–Kier alpha value is -1.48. The molecular weight excluding hydrogens is 202 g/mol. The standard InChI is InChI=1S/C10H8ClNO2/c1-14-5-8-7-4-6(11)2-3-9(7)12-10(8)13/h2-5H,1H3,(H,12,13)/b8-5+. The number of carbonyl (C=O) groups excluding carboxylic acids is 1. The number of anilines is 1. The Kier molecular flexibility index (Phi) is 2.17. The molecule has 1 aliphatic rings. The summed E-state index contributed by atoms with van der Waals surface area (Å²) < 4.78 is 4.83. The van der Waals surface area contributed by atoms with Gasteiger partial charge in [0.2, 0.25) is 0 Å². The predicted molar refractivity (Wildman–Crippen MR) is 55.1 cm³/mol. The summed E-state index contributed by atoms with van der Waals surface area (Å²) in [6, 6.07) is 5.24. The molecule has 0 saturated heterocycles. The van der Waals surface area contributed by atoms with Gasteiger partial charge in [-0.15, -0.1) is 0 Å². The topological polar surface area (TPSA) is 38.3 Å². The van der Waals surface area contributed by atoms with Crippen LogP contribution in [0.3, 0.4) is 0 Å². The van der Waals surface area contributed by atoms with E-state index in [9.17, 15) is 4.79 Å². The van der Waals surface area contributed by atoms with Crippen molar-refractivity contribution in [3.8, 4) is 0 Å². The predicted octanol–water partition coefficient (Wildman–Crippen LogP) is 2.28. The molecule has 0 radical (unpaired) electrons. The highest BCUT2D eigenvalue weighted by Crippen LogP contribution is 2.33. The third kappa shape index (κ3) is 1.36. The molecule has 0 atom stereocenters. The fraction of sp³-hybridized carbons (Fsp3) is 0.100. The first kappa shape index (κ1) is 9.09. The smallest absolute Gasteiger partial charge is 0.259 e. The van der Waals surface area contributed by atoms with Crippen molar-refractivity contribution in [3.63, 3.8) is 0 Å². The molecule has 1 aromatic carbocycles. The average molecular weight is 210 g/mol. The molecule has 0 aliphatic carbocycles. The molecule has 1 aromatic rings. The first-order valence-electron chi connectivity index (χ1n) is 4.06. The zero-order chi connectivity index (χ0) is 10.1. The molecule has 1 amide bonds. The molecule has 1 heterocycles. The van der Waals surface area contributed by atoms with Gasteiger partial charge in [0, 0.05) is 16.3 Å². The maximum absolute atomic E-state index is 11.4. The minimum Gasteiger partial charge on any atom is -0.504 e. The van der Waals surface area contributed by atoms with Gasteiger partial charge in [-0.05, 0) is 18.2 Å². The van der Waals surface area contributed by atoms with Crippen LogP contribution < -0.4 is 5.32 Å². The van der Waals surface area contributed by atoms with Crippen LogP contribution in [0.2, 0.25) is 5.02 Å². The monoisotopic (exact) mass is 209 g/mol. The number of rotatable bonds is 1. The van der Waals surface area contributed by atoms with Crippen LogP contribution in [-0.2, 0) is 9.53 Å². The highest BCUT2D eigenvalue weighted by molar-refractivity contribution is 6.34. The van der Waals surface area contributed by atoms with Crippen molar-refractivity contribution in [2.45, 2.75) is 0 Å². The van der Waals surface area contributed by atoms with Gasteiger partial charge < -0.3 is 10.1 Å². The highest BCUT2D eigenvalue weighted by atomic mass is 35.5. The number of carbonyl (C=O) groups is 1. The number of benzene rings is 1. The molecule has 0 bridgehead atoms. The Bertz CT molecular complexity index is 426. The van der Waals surface area contributed by atoms with E-state index in [0.717, 1.165) is 11.3 Å². The van der Waals surface area contributed by atoms with Gasteiger partial charge in [-0.3, -0.25) is 4.79 Å². The zero-order valence-corrected chi connectivity index (χ0v) is 8.26. The Morgan fingerprint density at radius 1 is 1.50 bits per heavy atom. The van der Waals surface area contributed by atoms with Gasteiger partial charge in [-0.1, -0.05) is 11.6 Å². The zero-order valence-electron chi connectivity index (χ0n) is 7.50. The normalized spacial score (nSPS) is 16.7. The molecule has 0 spiro atoms. The maximum atomic E-state index is 11.4. The number of halogens is 1. The number of methoxy groups -OCH3 is 1. The van der Waals surface area contributed by atoms with Gasteiger partial charge in [0.15, 0.2) is 0 Å². The van der Waals surface area contributed by atoms with Crippen LogP contribution in [0.5, 0.6) is 0 Å². The maximum Gasteiger partial charge on any atom is 0.259 e. The van der Waals surface area contributed by atoms with Crippen LogP contribution >= 0.6 is 11.6 Å². The Morgan fingerprint density at radius 2 is 2.29 bits per heavy atom. The minimum atomic E-state index is -0.163. The van der Waals surface area contributed by atoms with E-state index >= 15 is 0 Å². The molecule has 0 aromatic heterocycles. The minimum absolute atomic E-state index is 0.163. The average Bonchev–Trinajstić information content (AvgIpc) is 2.45. The fourth-order valence-corrected chi connectivity index (χ4v) is 1.57. The quantitative estimate of drug-likeness (QED) is 0.569.